The molecule has 2 aliphatic rings. The number of nitrogens with one attached hydrogen (secondary N) is 3. The third kappa shape index (κ3) is 4.38. The van der Waals surface area contributed by atoms with Gasteiger partial charge >= 0.3 is 0 Å². The second-order valence-corrected chi connectivity index (χ2v) is 8.50. The van der Waals surface area contributed by atoms with Gasteiger partial charge in [-0.2, -0.15) is 0 Å². The van der Waals surface area contributed by atoms with Crippen molar-refractivity contribution in [2.24, 2.45) is 5.92 Å². The number of carbonyl (C=O) groups is 1. The van der Waals surface area contributed by atoms with E-state index in [-0.39, 0.29) is 23.9 Å². The van der Waals surface area contributed by atoms with Crippen LogP contribution in [-0.4, -0.2) is 44.2 Å². The van der Waals surface area contributed by atoms with Crippen LogP contribution in [-0.2, 0) is 11.3 Å². The third-order valence-corrected chi connectivity index (χ3v) is 6.26. The van der Waals surface area contributed by atoms with E-state index in [1.54, 1.807) is 12.4 Å². The van der Waals surface area contributed by atoms with Crippen molar-refractivity contribution < 1.29 is 9.90 Å². The maximum Gasteiger partial charge on any atom is 0.226 e. The monoisotopic (exact) mass is 417 g/mol. The van der Waals surface area contributed by atoms with Crippen LogP contribution in [0, 0.1) is 5.92 Å². The number of imidazole rings is 1. The standard InChI is InChI=1S/C24H27N5O2/c30-22-18(24(31)28-16-9-10-16)12-19(26-13-17-8-4-5-11-25-17)21(22)20-14-27-23(29-20)15-6-2-1-3-7-15/h1-8,11,14,16,18-19,21-22,26,30H,9-10,12-13H2,(H,27,29)(H,28,31)/t18-,19+,21+,22+/m0/s1. The van der Waals surface area contributed by atoms with Crippen LogP contribution in [0.4, 0.5) is 0 Å². The zero-order valence-electron chi connectivity index (χ0n) is 17.2. The SMILES string of the molecule is O=C(NC1CC1)[C@H]1C[C@@H](NCc2ccccn2)[C@H](c2cnc(-c3ccccc3)[nH]2)[C@@H]1O. The average molecular weight is 418 g/mol. The van der Waals surface area contributed by atoms with Crippen LogP contribution in [0.1, 0.15) is 36.6 Å². The fourth-order valence-electron chi connectivity index (χ4n) is 4.44. The number of rotatable bonds is 7. The molecule has 0 unspecified atom stereocenters. The third-order valence-electron chi connectivity index (χ3n) is 6.26. The first-order valence-corrected chi connectivity index (χ1v) is 10.9. The molecule has 3 aromatic rings. The van der Waals surface area contributed by atoms with Crippen LogP contribution in [0.3, 0.4) is 0 Å². The van der Waals surface area contributed by atoms with Crippen LogP contribution in [0.25, 0.3) is 11.4 Å². The van der Waals surface area contributed by atoms with E-state index < -0.39 is 12.0 Å². The summed E-state index contributed by atoms with van der Waals surface area (Å²) in [5.41, 5.74) is 2.75. The smallest absolute Gasteiger partial charge is 0.226 e. The Bertz CT molecular complexity index is 1020. The van der Waals surface area contributed by atoms with Gasteiger partial charge in [0.1, 0.15) is 5.82 Å². The quantitative estimate of drug-likeness (QED) is 0.473. The first-order valence-electron chi connectivity index (χ1n) is 10.9. The maximum absolute atomic E-state index is 12.8. The van der Waals surface area contributed by atoms with Crippen molar-refractivity contribution in [2.75, 3.05) is 0 Å². The van der Waals surface area contributed by atoms with Gasteiger partial charge in [-0.15, -0.1) is 0 Å². The number of aromatic amines is 1. The van der Waals surface area contributed by atoms with E-state index in [2.05, 4.69) is 25.6 Å². The lowest BCUT2D eigenvalue weighted by molar-refractivity contribution is -0.127. The summed E-state index contributed by atoms with van der Waals surface area (Å²) in [6.45, 7) is 0.575. The van der Waals surface area contributed by atoms with Crippen molar-refractivity contribution in [1.29, 1.82) is 0 Å². The van der Waals surface area contributed by atoms with Crippen LogP contribution >= 0.6 is 0 Å². The largest absolute Gasteiger partial charge is 0.392 e. The zero-order valence-corrected chi connectivity index (χ0v) is 17.2. The molecule has 4 N–H and O–H groups in total. The second kappa shape index (κ2) is 8.61. The van der Waals surface area contributed by atoms with Crippen molar-refractivity contribution in [2.45, 2.75) is 49.9 Å². The van der Waals surface area contributed by atoms with Gasteiger partial charge in [-0.05, 0) is 31.4 Å². The molecule has 0 bridgehead atoms. The number of amides is 1. The number of aliphatic hydroxyl groups excluding tert-OH is 1. The van der Waals surface area contributed by atoms with Gasteiger partial charge in [-0.25, -0.2) is 4.98 Å². The summed E-state index contributed by atoms with van der Waals surface area (Å²) < 4.78 is 0. The molecule has 0 aliphatic heterocycles. The Labute approximate surface area is 181 Å². The molecular formula is C24H27N5O2. The first kappa shape index (κ1) is 19.9. The Morgan fingerprint density at radius 2 is 1.90 bits per heavy atom. The van der Waals surface area contributed by atoms with Crippen LogP contribution < -0.4 is 10.6 Å². The van der Waals surface area contributed by atoms with Crippen molar-refractivity contribution >= 4 is 5.91 Å². The van der Waals surface area contributed by atoms with E-state index in [0.29, 0.717) is 13.0 Å². The molecule has 7 heteroatoms. The van der Waals surface area contributed by atoms with E-state index in [1.807, 2.05) is 48.5 Å². The number of nitrogens with zero attached hydrogens (tertiary/aromatic N) is 2. The molecule has 1 amide bonds. The summed E-state index contributed by atoms with van der Waals surface area (Å²) in [6.07, 6.45) is 5.39. The van der Waals surface area contributed by atoms with Gasteiger partial charge in [0, 0.05) is 48.2 Å². The summed E-state index contributed by atoms with van der Waals surface area (Å²) in [6, 6.07) is 15.9. The summed E-state index contributed by atoms with van der Waals surface area (Å²) in [5.74, 6) is 0.000951. The van der Waals surface area contributed by atoms with Gasteiger partial charge < -0.3 is 20.7 Å². The highest BCUT2D eigenvalue weighted by Gasteiger charge is 2.47. The highest BCUT2D eigenvalue weighted by Crippen LogP contribution is 2.39. The van der Waals surface area contributed by atoms with Gasteiger partial charge in [0.15, 0.2) is 0 Å². The molecule has 2 fully saturated rings. The fourth-order valence-corrected chi connectivity index (χ4v) is 4.44. The van der Waals surface area contributed by atoms with E-state index in [0.717, 1.165) is 35.6 Å². The lowest BCUT2D eigenvalue weighted by Gasteiger charge is -2.22. The zero-order chi connectivity index (χ0) is 21.2. The molecule has 31 heavy (non-hydrogen) atoms. The van der Waals surface area contributed by atoms with E-state index in [1.165, 1.54) is 0 Å². The molecule has 0 radical (unpaired) electrons. The van der Waals surface area contributed by atoms with Gasteiger partial charge in [0.25, 0.3) is 0 Å². The molecule has 0 spiro atoms. The second-order valence-electron chi connectivity index (χ2n) is 8.50. The van der Waals surface area contributed by atoms with E-state index in [9.17, 15) is 9.90 Å². The fraction of sp³-hybridized carbons (Fsp3) is 0.375. The summed E-state index contributed by atoms with van der Waals surface area (Å²) in [5, 5.41) is 17.8. The highest BCUT2D eigenvalue weighted by atomic mass is 16.3. The normalized spacial score (nSPS) is 25.5. The van der Waals surface area contributed by atoms with Crippen molar-refractivity contribution in [1.82, 2.24) is 25.6 Å². The van der Waals surface area contributed by atoms with Crippen molar-refractivity contribution in [3.8, 4) is 11.4 Å². The van der Waals surface area contributed by atoms with Crippen LogP contribution in [0.2, 0.25) is 0 Å². The molecule has 160 valence electrons. The Kier molecular flexibility index (Phi) is 5.53. The number of benzene rings is 1. The summed E-state index contributed by atoms with van der Waals surface area (Å²) in [7, 11) is 0. The molecule has 1 aromatic carbocycles. The Balaban J connectivity index is 1.38. The molecule has 4 atom stereocenters. The Morgan fingerprint density at radius 1 is 1.10 bits per heavy atom. The van der Waals surface area contributed by atoms with E-state index in [4.69, 9.17) is 0 Å². The van der Waals surface area contributed by atoms with Gasteiger partial charge in [-0.3, -0.25) is 9.78 Å². The number of hydrogen-bond acceptors (Lipinski definition) is 5. The van der Waals surface area contributed by atoms with Crippen LogP contribution in [0.15, 0.2) is 60.9 Å². The minimum atomic E-state index is -0.788. The number of aromatic nitrogens is 3. The predicted octanol–water partition coefficient (Wildman–Crippen LogP) is 2.37. The molecule has 7 nitrogen and oxygen atoms in total. The number of H-pyrrole nitrogens is 1. The number of carbonyl (C=O) groups excluding carboxylic acids is 1. The van der Waals surface area contributed by atoms with Gasteiger partial charge in [-0.1, -0.05) is 36.4 Å². The Morgan fingerprint density at radius 3 is 2.65 bits per heavy atom. The lowest BCUT2D eigenvalue weighted by atomic mass is 9.96. The molecule has 2 saturated carbocycles. The maximum atomic E-state index is 12.8. The molecule has 2 aromatic heterocycles. The molecule has 5 rings (SSSR count). The molecule has 0 saturated heterocycles. The lowest BCUT2D eigenvalue weighted by Crippen LogP contribution is -2.37. The van der Waals surface area contributed by atoms with E-state index >= 15 is 0 Å². The molecule has 2 aliphatic carbocycles. The van der Waals surface area contributed by atoms with Gasteiger partial charge in [0.2, 0.25) is 5.91 Å². The van der Waals surface area contributed by atoms with Gasteiger partial charge in [0.05, 0.1) is 17.7 Å². The predicted molar refractivity (Wildman–Crippen MR) is 117 cm³/mol. The molecular weight excluding hydrogens is 390 g/mol. The highest BCUT2D eigenvalue weighted by molar-refractivity contribution is 5.80. The minimum Gasteiger partial charge on any atom is -0.392 e. The van der Waals surface area contributed by atoms with Crippen molar-refractivity contribution in [3.63, 3.8) is 0 Å². The number of hydrogen-bond donors (Lipinski definition) is 4. The number of pyridine rings is 1. The summed E-state index contributed by atoms with van der Waals surface area (Å²) >= 11 is 0. The number of aliphatic hydroxyl groups is 1. The first-order chi connectivity index (χ1) is 15.2. The average Bonchev–Trinajstić information content (AvgIpc) is 3.37. The van der Waals surface area contributed by atoms with Crippen molar-refractivity contribution in [3.05, 3.63) is 72.3 Å². The topological polar surface area (TPSA) is 103 Å². The van der Waals surface area contributed by atoms with Crippen LogP contribution in [0.5, 0.6) is 0 Å². The Hall–Kier alpha value is -3.03. The molecule has 2 heterocycles. The summed E-state index contributed by atoms with van der Waals surface area (Å²) in [4.78, 5) is 25.1. The minimum absolute atomic E-state index is 0.0510.